The van der Waals surface area contributed by atoms with E-state index in [1.54, 1.807) is 12.1 Å². The molecule has 0 amide bonds. The molecule has 1 heterocycles. The lowest BCUT2D eigenvalue weighted by Gasteiger charge is -2.25. The van der Waals surface area contributed by atoms with Crippen molar-refractivity contribution in [2.75, 3.05) is 0 Å². The molecule has 2 N–H and O–H groups in total. The number of nitrogens with one attached hydrogen (secondary N) is 1. The van der Waals surface area contributed by atoms with E-state index in [9.17, 15) is 4.79 Å². The van der Waals surface area contributed by atoms with Gasteiger partial charge < -0.3 is 14.8 Å². The van der Waals surface area contributed by atoms with Crippen LogP contribution in [0, 0.1) is 0 Å². The van der Waals surface area contributed by atoms with Crippen molar-refractivity contribution in [3.63, 3.8) is 0 Å². The van der Waals surface area contributed by atoms with Crippen LogP contribution < -0.4 is 5.32 Å². The quantitative estimate of drug-likeness (QED) is 0.869. The fourth-order valence-electron chi connectivity index (χ4n) is 2.23. The van der Waals surface area contributed by atoms with Crippen LogP contribution in [0.3, 0.4) is 0 Å². The van der Waals surface area contributed by atoms with Crippen LogP contribution in [-0.2, 0) is 6.54 Å². The average molecular weight is 245 g/mol. The fraction of sp³-hybridized carbons (Fsp3) is 0.357. The van der Waals surface area contributed by atoms with Crippen LogP contribution in [0.4, 0.5) is 0 Å². The highest BCUT2D eigenvalue weighted by molar-refractivity contribution is 6.01. The molecule has 4 heteroatoms. The summed E-state index contributed by atoms with van der Waals surface area (Å²) in [5, 5.41) is 13.3. The molecular weight excluding hydrogens is 230 g/mol. The first-order chi connectivity index (χ1) is 8.74. The second kappa shape index (κ2) is 4.46. The Hall–Kier alpha value is -1.81. The Labute approximate surface area is 105 Å². The third-order valence-corrected chi connectivity index (χ3v) is 3.50. The van der Waals surface area contributed by atoms with Gasteiger partial charge in [0.05, 0.1) is 6.54 Å². The minimum absolute atomic E-state index is 0.224. The van der Waals surface area contributed by atoms with Gasteiger partial charge in [-0.3, -0.25) is 0 Å². The second-order valence-corrected chi connectivity index (χ2v) is 4.75. The molecule has 2 aromatic rings. The lowest BCUT2D eigenvalue weighted by molar-refractivity contribution is 0.0698. The van der Waals surface area contributed by atoms with Crippen LogP contribution in [0.1, 0.15) is 35.4 Å². The predicted octanol–water partition coefficient (Wildman–Crippen LogP) is 2.77. The van der Waals surface area contributed by atoms with Crippen LogP contribution >= 0.6 is 0 Å². The summed E-state index contributed by atoms with van der Waals surface area (Å²) in [6, 6.07) is 7.69. The summed E-state index contributed by atoms with van der Waals surface area (Å²) in [5.74, 6) is -0.154. The molecule has 0 bridgehead atoms. The summed E-state index contributed by atoms with van der Waals surface area (Å²) >= 11 is 0. The molecule has 18 heavy (non-hydrogen) atoms. The van der Waals surface area contributed by atoms with Crippen molar-refractivity contribution in [2.24, 2.45) is 0 Å². The number of furan rings is 1. The van der Waals surface area contributed by atoms with Gasteiger partial charge in [0.1, 0.15) is 16.9 Å². The molecule has 1 aliphatic carbocycles. The molecular formula is C14H15NO3. The van der Waals surface area contributed by atoms with Crippen molar-refractivity contribution >= 4 is 16.9 Å². The highest BCUT2D eigenvalue weighted by Crippen LogP contribution is 2.24. The number of rotatable bonds is 4. The van der Waals surface area contributed by atoms with Crippen molar-refractivity contribution in [1.82, 2.24) is 5.32 Å². The summed E-state index contributed by atoms with van der Waals surface area (Å²) in [6.07, 6.45) is 3.74. The molecule has 4 nitrogen and oxygen atoms in total. The summed E-state index contributed by atoms with van der Waals surface area (Å²) in [7, 11) is 0. The Balaban J connectivity index is 1.85. The van der Waals surface area contributed by atoms with Crippen LogP contribution in [0.2, 0.25) is 0 Å². The molecule has 3 rings (SSSR count). The SMILES string of the molecule is O=C(O)c1cccc2cc(CNC3CCC3)oc12. The maximum absolute atomic E-state index is 11.1. The van der Waals surface area contributed by atoms with Crippen molar-refractivity contribution in [1.29, 1.82) is 0 Å². The van der Waals surface area contributed by atoms with Gasteiger partial charge in [-0.15, -0.1) is 0 Å². The zero-order chi connectivity index (χ0) is 12.5. The standard InChI is InChI=1S/C14H15NO3/c16-14(17)12-6-1-3-9-7-11(18-13(9)12)8-15-10-4-2-5-10/h1,3,6-7,10,15H,2,4-5,8H2,(H,16,17). The number of carboxylic acids is 1. The molecule has 0 radical (unpaired) electrons. The predicted molar refractivity (Wildman–Crippen MR) is 67.7 cm³/mol. The van der Waals surface area contributed by atoms with E-state index in [2.05, 4.69) is 5.32 Å². The van der Waals surface area contributed by atoms with Crippen LogP contribution in [0.5, 0.6) is 0 Å². The smallest absolute Gasteiger partial charge is 0.339 e. The molecule has 0 saturated heterocycles. The molecule has 0 spiro atoms. The summed E-state index contributed by atoms with van der Waals surface area (Å²) < 4.78 is 5.64. The number of para-hydroxylation sites is 1. The molecule has 94 valence electrons. The van der Waals surface area contributed by atoms with Gasteiger partial charge in [-0.2, -0.15) is 0 Å². The minimum Gasteiger partial charge on any atom is -0.478 e. The van der Waals surface area contributed by atoms with Gasteiger partial charge in [0.2, 0.25) is 0 Å². The largest absolute Gasteiger partial charge is 0.478 e. The van der Waals surface area contributed by atoms with Crippen LogP contribution in [-0.4, -0.2) is 17.1 Å². The van der Waals surface area contributed by atoms with Gasteiger partial charge in [0, 0.05) is 11.4 Å². The van der Waals surface area contributed by atoms with E-state index >= 15 is 0 Å². The Kier molecular flexibility index (Phi) is 2.80. The third-order valence-electron chi connectivity index (χ3n) is 3.50. The number of carboxylic acid groups (broad SMARTS) is 1. The van der Waals surface area contributed by atoms with Gasteiger partial charge in [0.25, 0.3) is 0 Å². The summed E-state index contributed by atoms with van der Waals surface area (Å²) in [5.41, 5.74) is 0.692. The van der Waals surface area contributed by atoms with Crippen molar-refractivity contribution in [2.45, 2.75) is 31.8 Å². The number of aromatic carboxylic acids is 1. The number of fused-ring (bicyclic) bond motifs is 1. The van der Waals surface area contributed by atoms with Gasteiger partial charge in [-0.25, -0.2) is 4.79 Å². The van der Waals surface area contributed by atoms with E-state index in [1.165, 1.54) is 19.3 Å². The van der Waals surface area contributed by atoms with E-state index in [0.717, 1.165) is 11.1 Å². The third kappa shape index (κ3) is 1.99. The topological polar surface area (TPSA) is 62.5 Å². The normalized spacial score (nSPS) is 15.8. The van der Waals surface area contributed by atoms with E-state index in [4.69, 9.17) is 9.52 Å². The molecule has 0 unspecified atom stereocenters. The number of carbonyl (C=O) groups is 1. The van der Waals surface area contributed by atoms with E-state index < -0.39 is 5.97 Å². The molecule has 1 fully saturated rings. The Morgan fingerprint density at radius 1 is 1.44 bits per heavy atom. The molecule has 1 aromatic heterocycles. The number of benzene rings is 1. The molecule has 1 aliphatic rings. The maximum atomic E-state index is 11.1. The Morgan fingerprint density at radius 3 is 2.94 bits per heavy atom. The first-order valence-electron chi connectivity index (χ1n) is 6.22. The lowest BCUT2D eigenvalue weighted by Crippen LogP contribution is -2.34. The molecule has 1 aromatic carbocycles. The van der Waals surface area contributed by atoms with Crippen molar-refractivity contribution < 1.29 is 14.3 Å². The van der Waals surface area contributed by atoms with E-state index in [1.807, 2.05) is 12.1 Å². The zero-order valence-corrected chi connectivity index (χ0v) is 9.98. The van der Waals surface area contributed by atoms with Gasteiger partial charge in [0.15, 0.2) is 0 Å². The Morgan fingerprint density at radius 2 is 2.28 bits per heavy atom. The Bertz CT molecular complexity index is 584. The highest BCUT2D eigenvalue weighted by Gasteiger charge is 2.18. The monoisotopic (exact) mass is 245 g/mol. The van der Waals surface area contributed by atoms with Gasteiger partial charge in [-0.05, 0) is 25.0 Å². The average Bonchev–Trinajstić information content (AvgIpc) is 2.68. The molecule has 1 saturated carbocycles. The first kappa shape index (κ1) is 11.3. The molecule has 0 aliphatic heterocycles. The summed E-state index contributed by atoms with van der Waals surface area (Å²) in [4.78, 5) is 11.1. The van der Waals surface area contributed by atoms with E-state index in [-0.39, 0.29) is 5.56 Å². The van der Waals surface area contributed by atoms with Crippen molar-refractivity contribution in [3.8, 4) is 0 Å². The van der Waals surface area contributed by atoms with Crippen LogP contribution in [0.25, 0.3) is 11.0 Å². The lowest BCUT2D eigenvalue weighted by atomic mass is 9.93. The van der Waals surface area contributed by atoms with E-state index in [0.29, 0.717) is 18.2 Å². The maximum Gasteiger partial charge on any atom is 0.339 e. The minimum atomic E-state index is -0.951. The summed E-state index contributed by atoms with van der Waals surface area (Å²) in [6.45, 7) is 0.665. The van der Waals surface area contributed by atoms with Crippen molar-refractivity contribution in [3.05, 3.63) is 35.6 Å². The molecule has 0 atom stereocenters. The second-order valence-electron chi connectivity index (χ2n) is 4.75. The zero-order valence-electron chi connectivity index (χ0n) is 9.98. The highest BCUT2D eigenvalue weighted by atomic mass is 16.4. The van der Waals surface area contributed by atoms with Gasteiger partial charge >= 0.3 is 5.97 Å². The number of hydrogen-bond donors (Lipinski definition) is 2. The van der Waals surface area contributed by atoms with Crippen LogP contribution in [0.15, 0.2) is 28.7 Å². The number of hydrogen-bond acceptors (Lipinski definition) is 3. The van der Waals surface area contributed by atoms with Gasteiger partial charge in [-0.1, -0.05) is 18.6 Å². The first-order valence-corrected chi connectivity index (χ1v) is 6.22. The fourth-order valence-corrected chi connectivity index (χ4v) is 2.23.